The Morgan fingerprint density at radius 2 is 1.26 bits per heavy atom. The second-order valence-corrected chi connectivity index (χ2v) is 8.41. The number of benzene rings is 5. The number of hydrogen-bond donors (Lipinski definition) is 1. The Hall–Kier alpha value is -3.84. The Kier molecular flexibility index (Phi) is 3.97. The van der Waals surface area contributed by atoms with E-state index in [0.717, 1.165) is 12.0 Å². The van der Waals surface area contributed by atoms with Crippen LogP contribution in [0.15, 0.2) is 115 Å². The third-order valence-corrected chi connectivity index (χ3v) is 6.67. The van der Waals surface area contributed by atoms with E-state index in [4.69, 9.17) is 0 Å². The zero-order valence-electron chi connectivity index (χ0n) is 17.1. The molecule has 148 valence electrons. The van der Waals surface area contributed by atoms with Gasteiger partial charge in [-0.15, -0.1) is 0 Å². The molecular formula is C30H22O. The lowest BCUT2D eigenvalue weighted by Crippen LogP contribution is -2.29. The van der Waals surface area contributed by atoms with E-state index in [1.165, 1.54) is 38.6 Å². The molecule has 1 atom stereocenters. The molecule has 31 heavy (non-hydrogen) atoms. The van der Waals surface area contributed by atoms with Crippen molar-refractivity contribution in [3.05, 3.63) is 138 Å². The summed E-state index contributed by atoms with van der Waals surface area (Å²) in [6.45, 7) is 0. The Labute approximate surface area is 182 Å². The third kappa shape index (κ3) is 2.70. The molecule has 0 fully saturated rings. The van der Waals surface area contributed by atoms with Crippen LogP contribution in [-0.4, -0.2) is 5.11 Å². The van der Waals surface area contributed by atoms with Crippen molar-refractivity contribution in [1.82, 2.24) is 0 Å². The van der Waals surface area contributed by atoms with Gasteiger partial charge in [0.15, 0.2) is 0 Å². The molecule has 6 rings (SSSR count). The average Bonchev–Trinajstić information content (AvgIpc) is 3.08. The van der Waals surface area contributed by atoms with E-state index in [9.17, 15) is 5.11 Å². The van der Waals surface area contributed by atoms with Crippen LogP contribution in [0.25, 0.3) is 21.9 Å². The minimum Gasteiger partial charge on any atom is -0.508 e. The van der Waals surface area contributed by atoms with Gasteiger partial charge in [-0.25, -0.2) is 0 Å². The van der Waals surface area contributed by atoms with Gasteiger partial charge in [0.2, 0.25) is 0 Å². The number of hydrogen-bond acceptors (Lipinski definition) is 1. The zero-order valence-corrected chi connectivity index (χ0v) is 17.1. The molecule has 1 aliphatic rings. The fraction of sp³-hybridized carbons (Fsp3) is 0.0667. The Morgan fingerprint density at radius 3 is 2.06 bits per heavy atom. The van der Waals surface area contributed by atoms with Crippen molar-refractivity contribution in [2.24, 2.45) is 0 Å². The summed E-state index contributed by atoms with van der Waals surface area (Å²) < 4.78 is 0. The summed E-state index contributed by atoms with van der Waals surface area (Å²) in [5.74, 6) is 0.311. The topological polar surface area (TPSA) is 20.2 Å². The van der Waals surface area contributed by atoms with Crippen LogP contribution < -0.4 is 0 Å². The molecule has 1 nitrogen and oxygen atoms in total. The van der Waals surface area contributed by atoms with E-state index in [2.05, 4.69) is 97.1 Å². The molecule has 1 N–H and O–H groups in total. The van der Waals surface area contributed by atoms with Crippen molar-refractivity contribution in [2.75, 3.05) is 0 Å². The molecule has 1 aliphatic carbocycles. The average molecular weight is 399 g/mol. The lowest BCUT2D eigenvalue weighted by molar-refractivity contribution is 0.473. The molecule has 5 aromatic rings. The van der Waals surface area contributed by atoms with E-state index in [0.29, 0.717) is 5.75 Å². The first-order valence-corrected chi connectivity index (χ1v) is 10.7. The summed E-state index contributed by atoms with van der Waals surface area (Å²) in [5, 5.41) is 12.7. The lowest BCUT2D eigenvalue weighted by atomic mass is 9.68. The van der Waals surface area contributed by atoms with Crippen LogP contribution in [-0.2, 0) is 11.8 Å². The summed E-state index contributed by atoms with van der Waals surface area (Å²) in [6, 6.07) is 40.6. The summed E-state index contributed by atoms with van der Waals surface area (Å²) in [5.41, 5.74) is 7.35. The number of phenols is 1. The van der Waals surface area contributed by atoms with Gasteiger partial charge in [-0.05, 0) is 74.8 Å². The smallest absolute Gasteiger partial charge is 0.115 e. The predicted molar refractivity (Wildman–Crippen MR) is 128 cm³/mol. The van der Waals surface area contributed by atoms with Gasteiger partial charge in [0.05, 0.1) is 5.41 Å². The fourth-order valence-corrected chi connectivity index (χ4v) is 5.35. The second-order valence-electron chi connectivity index (χ2n) is 8.41. The zero-order chi connectivity index (χ0) is 20.8. The van der Waals surface area contributed by atoms with Crippen molar-refractivity contribution in [1.29, 1.82) is 0 Å². The molecule has 5 aromatic carbocycles. The summed E-state index contributed by atoms with van der Waals surface area (Å²) in [6.07, 6.45) is 0.785. The maximum absolute atomic E-state index is 10.2. The standard InChI is InChI=1S/C30H22O/c31-25-14-8-9-21(17-25)20-30(24-12-2-1-3-13-24)28-16-7-6-15-26(28)27-18-22-10-4-5-11-23(22)19-29(27)30/h1-19,31H,20H2. The highest BCUT2D eigenvalue weighted by atomic mass is 16.3. The monoisotopic (exact) mass is 398 g/mol. The number of fused-ring (bicyclic) bond motifs is 4. The largest absolute Gasteiger partial charge is 0.508 e. The van der Waals surface area contributed by atoms with E-state index < -0.39 is 0 Å². The second kappa shape index (κ2) is 6.85. The van der Waals surface area contributed by atoms with Gasteiger partial charge < -0.3 is 5.11 Å². The quantitative estimate of drug-likeness (QED) is 0.343. The van der Waals surface area contributed by atoms with Gasteiger partial charge in [0.25, 0.3) is 0 Å². The summed E-state index contributed by atoms with van der Waals surface area (Å²) in [7, 11) is 0. The van der Waals surface area contributed by atoms with Crippen LogP contribution in [0.3, 0.4) is 0 Å². The van der Waals surface area contributed by atoms with Crippen LogP contribution in [0.4, 0.5) is 0 Å². The number of phenolic OH excluding ortho intramolecular Hbond substituents is 1. The first kappa shape index (κ1) is 18.0. The Balaban J connectivity index is 1.72. The van der Waals surface area contributed by atoms with E-state index in [1.54, 1.807) is 6.07 Å². The SMILES string of the molecule is Oc1cccc(CC2(c3ccccc3)c3ccccc3-c3cc4ccccc4cc32)c1. The van der Waals surface area contributed by atoms with Gasteiger partial charge >= 0.3 is 0 Å². The summed E-state index contributed by atoms with van der Waals surface area (Å²) >= 11 is 0. The molecule has 0 aromatic heterocycles. The molecule has 0 spiro atoms. The molecule has 0 radical (unpaired) electrons. The van der Waals surface area contributed by atoms with Crippen LogP contribution in [0.1, 0.15) is 22.3 Å². The normalized spacial score (nSPS) is 16.8. The Morgan fingerprint density at radius 1 is 0.548 bits per heavy atom. The van der Waals surface area contributed by atoms with Crippen molar-refractivity contribution in [3.8, 4) is 16.9 Å². The van der Waals surface area contributed by atoms with E-state index >= 15 is 0 Å². The molecule has 0 heterocycles. The van der Waals surface area contributed by atoms with Crippen molar-refractivity contribution < 1.29 is 5.11 Å². The van der Waals surface area contributed by atoms with Crippen LogP contribution in [0, 0.1) is 0 Å². The minimum atomic E-state index is -0.314. The van der Waals surface area contributed by atoms with Crippen LogP contribution in [0.2, 0.25) is 0 Å². The van der Waals surface area contributed by atoms with Crippen molar-refractivity contribution in [3.63, 3.8) is 0 Å². The molecule has 0 saturated heterocycles. The Bertz CT molecular complexity index is 1420. The summed E-state index contributed by atoms with van der Waals surface area (Å²) in [4.78, 5) is 0. The molecule has 1 heteroatoms. The number of aromatic hydroxyl groups is 1. The van der Waals surface area contributed by atoms with Crippen molar-refractivity contribution >= 4 is 10.8 Å². The molecule has 0 aliphatic heterocycles. The van der Waals surface area contributed by atoms with Crippen LogP contribution >= 0.6 is 0 Å². The molecular weight excluding hydrogens is 376 g/mol. The van der Waals surface area contributed by atoms with Crippen molar-refractivity contribution in [2.45, 2.75) is 11.8 Å². The molecule has 0 bridgehead atoms. The first-order chi connectivity index (χ1) is 15.3. The lowest BCUT2D eigenvalue weighted by Gasteiger charge is -2.33. The highest BCUT2D eigenvalue weighted by Gasteiger charge is 2.44. The van der Waals surface area contributed by atoms with Gasteiger partial charge in [0.1, 0.15) is 5.75 Å². The van der Waals surface area contributed by atoms with Gasteiger partial charge in [-0.3, -0.25) is 0 Å². The maximum atomic E-state index is 10.2. The molecule has 0 amide bonds. The third-order valence-electron chi connectivity index (χ3n) is 6.67. The highest BCUT2D eigenvalue weighted by Crippen LogP contribution is 2.55. The predicted octanol–water partition coefficient (Wildman–Crippen LogP) is 7.10. The van der Waals surface area contributed by atoms with E-state index in [1.807, 2.05) is 12.1 Å². The van der Waals surface area contributed by atoms with Gasteiger partial charge in [0, 0.05) is 0 Å². The first-order valence-electron chi connectivity index (χ1n) is 10.7. The molecule has 1 unspecified atom stereocenters. The van der Waals surface area contributed by atoms with Gasteiger partial charge in [-0.2, -0.15) is 0 Å². The van der Waals surface area contributed by atoms with E-state index in [-0.39, 0.29) is 5.41 Å². The van der Waals surface area contributed by atoms with Gasteiger partial charge in [-0.1, -0.05) is 91.0 Å². The number of rotatable bonds is 3. The minimum absolute atomic E-state index is 0.311. The fourth-order valence-electron chi connectivity index (χ4n) is 5.35. The molecule has 0 saturated carbocycles. The highest BCUT2D eigenvalue weighted by molar-refractivity contribution is 5.94. The van der Waals surface area contributed by atoms with Crippen LogP contribution in [0.5, 0.6) is 5.75 Å². The maximum Gasteiger partial charge on any atom is 0.115 e.